The third kappa shape index (κ3) is 3.24. The summed E-state index contributed by atoms with van der Waals surface area (Å²) in [6, 6.07) is 31.9. The minimum absolute atomic E-state index is 0.294. The molecule has 3 aromatic carbocycles. The van der Waals surface area contributed by atoms with Gasteiger partial charge in [-0.25, -0.2) is 0 Å². The summed E-state index contributed by atoms with van der Waals surface area (Å²) in [5.41, 5.74) is -2.52. The van der Waals surface area contributed by atoms with Crippen LogP contribution in [0.3, 0.4) is 0 Å². The number of benzene rings is 3. The molecule has 3 aromatic rings. The molecule has 1 N–H and O–H groups in total. The lowest BCUT2D eigenvalue weighted by atomic mass is 9.52. The summed E-state index contributed by atoms with van der Waals surface area (Å²) >= 11 is 0. The standard InChI is InChI=1S/C29H22N4O3/c1-27-24(15-20-9-4-2-5-10-20)29(19-32,26(33)36-27)28(17-30,18-31)25(35-27)21-11-8-14-23(16-21)34-22-12-6-3-7-13-22/h2-14,16,24-25,33H,15H2,1H3. The Hall–Kier alpha value is -4.64. The van der Waals surface area contributed by atoms with Crippen molar-refractivity contribution in [1.29, 1.82) is 21.2 Å². The number of nitrogens with zero attached hydrogens (tertiary/aromatic N) is 3. The van der Waals surface area contributed by atoms with E-state index in [0.29, 0.717) is 23.5 Å². The lowest BCUT2D eigenvalue weighted by molar-refractivity contribution is -0.272. The van der Waals surface area contributed by atoms with Gasteiger partial charge in [0.05, 0.1) is 24.1 Å². The molecule has 0 saturated carbocycles. The van der Waals surface area contributed by atoms with E-state index in [-0.39, 0.29) is 0 Å². The number of para-hydroxylation sites is 1. The number of fused-ring (bicyclic) bond motifs is 2. The number of nitriles is 3. The van der Waals surface area contributed by atoms with Crippen molar-refractivity contribution in [2.24, 2.45) is 16.7 Å². The molecule has 4 unspecified atom stereocenters. The molecule has 0 aromatic heterocycles. The molecule has 2 heterocycles. The molecule has 2 bridgehead atoms. The van der Waals surface area contributed by atoms with Gasteiger partial charge in [0, 0.05) is 6.92 Å². The fourth-order valence-corrected chi connectivity index (χ4v) is 5.40. The molecule has 176 valence electrons. The van der Waals surface area contributed by atoms with Crippen LogP contribution in [-0.4, -0.2) is 11.7 Å². The zero-order valence-corrected chi connectivity index (χ0v) is 19.5. The van der Waals surface area contributed by atoms with Crippen LogP contribution in [0, 0.1) is 56.2 Å². The van der Waals surface area contributed by atoms with Crippen LogP contribution >= 0.6 is 0 Å². The molecule has 2 aliphatic rings. The lowest BCUT2D eigenvalue weighted by Gasteiger charge is -2.48. The van der Waals surface area contributed by atoms with Crippen LogP contribution in [0.4, 0.5) is 0 Å². The van der Waals surface area contributed by atoms with Crippen molar-refractivity contribution in [3.63, 3.8) is 0 Å². The third-order valence-electron chi connectivity index (χ3n) is 7.14. The molecule has 0 radical (unpaired) electrons. The monoisotopic (exact) mass is 474 g/mol. The maximum atomic E-state index is 10.6. The zero-order chi connectivity index (χ0) is 25.4. The minimum Gasteiger partial charge on any atom is -0.457 e. The van der Waals surface area contributed by atoms with Crippen molar-refractivity contribution in [3.8, 4) is 29.7 Å². The van der Waals surface area contributed by atoms with E-state index in [4.69, 9.17) is 19.6 Å². The highest BCUT2D eigenvalue weighted by Crippen LogP contribution is 2.67. The van der Waals surface area contributed by atoms with Crippen LogP contribution in [0.15, 0.2) is 84.9 Å². The van der Waals surface area contributed by atoms with Gasteiger partial charge in [-0.3, -0.25) is 5.41 Å². The summed E-state index contributed by atoms with van der Waals surface area (Å²) in [5.74, 6) is -1.47. The van der Waals surface area contributed by atoms with Crippen molar-refractivity contribution >= 4 is 5.90 Å². The fourth-order valence-electron chi connectivity index (χ4n) is 5.40. The first kappa shape index (κ1) is 23.1. The smallest absolute Gasteiger partial charge is 0.215 e. The highest BCUT2D eigenvalue weighted by atomic mass is 16.7. The highest BCUT2D eigenvalue weighted by Gasteiger charge is 2.79. The normalized spacial score (nSPS) is 27.7. The number of rotatable bonds is 5. The number of nitrogens with one attached hydrogen (secondary N) is 1. The molecule has 4 atom stereocenters. The van der Waals surface area contributed by atoms with Gasteiger partial charge in [-0.15, -0.1) is 0 Å². The van der Waals surface area contributed by atoms with Gasteiger partial charge < -0.3 is 14.2 Å². The summed E-state index contributed by atoms with van der Waals surface area (Å²) in [5, 5.41) is 40.2. The van der Waals surface area contributed by atoms with Crippen LogP contribution in [0.1, 0.15) is 24.2 Å². The minimum atomic E-state index is -2.04. The van der Waals surface area contributed by atoms with Crippen LogP contribution in [-0.2, 0) is 15.9 Å². The van der Waals surface area contributed by atoms with Gasteiger partial charge in [0.1, 0.15) is 17.6 Å². The van der Waals surface area contributed by atoms with Gasteiger partial charge in [-0.1, -0.05) is 60.7 Å². The van der Waals surface area contributed by atoms with E-state index in [9.17, 15) is 15.8 Å². The van der Waals surface area contributed by atoms with E-state index in [1.54, 1.807) is 31.2 Å². The first-order chi connectivity index (χ1) is 17.4. The van der Waals surface area contributed by atoms with Crippen molar-refractivity contribution in [2.75, 3.05) is 0 Å². The Bertz CT molecular complexity index is 1420. The second-order valence-electron chi connectivity index (χ2n) is 9.13. The zero-order valence-electron chi connectivity index (χ0n) is 19.5. The van der Waals surface area contributed by atoms with E-state index in [1.807, 2.05) is 60.7 Å². The SMILES string of the molecule is CC12OC(=N)C(C#N)(C1Cc1ccccc1)C(C#N)(C#N)C(c1cccc(Oc3ccccc3)c1)O2. The van der Waals surface area contributed by atoms with Crippen LogP contribution in [0.2, 0.25) is 0 Å². The van der Waals surface area contributed by atoms with Gasteiger partial charge >= 0.3 is 0 Å². The Kier molecular flexibility index (Phi) is 5.48. The van der Waals surface area contributed by atoms with E-state index in [1.165, 1.54) is 0 Å². The van der Waals surface area contributed by atoms with E-state index in [2.05, 4.69) is 18.2 Å². The summed E-state index contributed by atoms with van der Waals surface area (Å²) in [7, 11) is 0. The Labute approximate surface area is 209 Å². The molecule has 5 rings (SSSR count). The molecule has 36 heavy (non-hydrogen) atoms. The van der Waals surface area contributed by atoms with Gasteiger partial charge in [0.25, 0.3) is 0 Å². The molecule has 0 spiro atoms. The Morgan fingerprint density at radius 1 is 0.861 bits per heavy atom. The fraction of sp³-hybridized carbons (Fsp3) is 0.241. The Morgan fingerprint density at radius 2 is 1.50 bits per heavy atom. The van der Waals surface area contributed by atoms with Gasteiger partial charge in [-0.05, 0) is 41.8 Å². The first-order valence-electron chi connectivity index (χ1n) is 11.5. The predicted molar refractivity (Wildman–Crippen MR) is 129 cm³/mol. The molecule has 2 aliphatic heterocycles. The lowest BCUT2D eigenvalue weighted by Crippen LogP contribution is -2.59. The number of hydrogen-bond acceptors (Lipinski definition) is 7. The first-order valence-corrected chi connectivity index (χ1v) is 11.5. The van der Waals surface area contributed by atoms with E-state index >= 15 is 0 Å². The molecule has 7 heteroatoms. The number of ether oxygens (including phenoxy) is 3. The average Bonchev–Trinajstić information content (AvgIpc) is 3.06. The van der Waals surface area contributed by atoms with Crippen molar-refractivity contribution < 1.29 is 14.2 Å². The molecule has 0 aliphatic carbocycles. The number of hydrogen-bond donors (Lipinski definition) is 1. The Balaban J connectivity index is 1.62. The quantitative estimate of drug-likeness (QED) is 0.508. The van der Waals surface area contributed by atoms with E-state index < -0.39 is 34.5 Å². The summed E-state index contributed by atoms with van der Waals surface area (Å²) in [4.78, 5) is 0. The summed E-state index contributed by atoms with van der Waals surface area (Å²) in [6.07, 6.45) is -0.867. The van der Waals surface area contributed by atoms with Crippen LogP contribution in [0.25, 0.3) is 0 Å². The van der Waals surface area contributed by atoms with Crippen LogP contribution < -0.4 is 4.74 Å². The summed E-state index contributed by atoms with van der Waals surface area (Å²) < 4.78 is 18.3. The predicted octanol–water partition coefficient (Wildman–Crippen LogP) is 5.68. The van der Waals surface area contributed by atoms with Crippen LogP contribution in [0.5, 0.6) is 11.5 Å². The topological polar surface area (TPSA) is 123 Å². The molecule has 7 nitrogen and oxygen atoms in total. The molecule has 2 fully saturated rings. The molecule has 0 amide bonds. The second kappa shape index (κ2) is 8.54. The summed E-state index contributed by atoms with van der Waals surface area (Å²) in [6.45, 7) is 1.67. The van der Waals surface area contributed by atoms with Gasteiger partial charge in [0.15, 0.2) is 5.41 Å². The van der Waals surface area contributed by atoms with Gasteiger partial charge in [-0.2, -0.15) is 15.8 Å². The average molecular weight is 475 g/mol. The van der Waals surface area contributed by atoms with Crippen molar-refractivity contribution in [1.82, 2.24) is 0 Å². The Morgan fingerprint density at radius 3 is 2.14 bits per heavy atom. The van der Waals surface area contributed by atoms with Gasteiger partial charge in [0.2, 0.25) is 17.1 Å². The largest absolute Gasteiger partial charge is 0.457 e. The molecule has 2 saturated heterocycles. The van der Waals surface area contributed by atoms with Crippen molar-refractivity contribution in [3.05, 3.63) is 96.1 Å². The maximum absolute atomic E-state index is 10.6. The highest BCUT2D eigenvalue weighted by molar-refractivity contribution is 5.89. The van der Waals surface area contributed by atoms with Crippen molar-refractivity contribution in [2.45, 2.75) is 25.2 Å². The molecular formula is C29H22N4O3. The molecular weight excluding hydrogens is 452 g/mol. The maximum Gasteiger partial charge on any atom is 0.215 e. The van der Waals surface area contributed by atoms with E-state index in [0.717, 1.165) is 5.56 Å². The third-order valence-corrected chi connectivity index (χ3v) is 7.14. The second-order valence-corrected chi connectivity index (χ2v) is 9.13.